The van der Waals surface area contributed by atoms with Crippen molar-refractivity contribution < 1.29 is 14.6 Å². The molecule has 0 radical (unpaired) electrons. The van der Waals surface area contributed by atoms with E-state index >= 15 is 0 Å². The normalized spacial score (nSPS) is 12.3. The van der Waals surface area contributed by atoms with E-state index < -0.39 is 17.2 Å². The lowest BCUT2D eigenvalue weighted by Gasteiger charge is -2.28. The van der Waals surface area contributed by atoms with Crippen molar-refractivity contribution in [2.24, 2.45) is 0 Å². The number of ether oxygens (including phenoxy) is 1. The van der Waals surface area contributed by atoms with Crippen molar-refractivity contribution in [3.63, 3.8) is 0 Å². The van der Waals surface area contributed by atoms with Crippen LogP contribution < -0.4 is 10.6 Å². The van der Waals surface area contributed by atoms with Gasteiger partial charge in [0.1, 0.15) is 5.60 Å². The second-order valence-corrected chi connectivity index (χ2v) is 6.95. The van der Waals surface area contributed by atoms with Gasteiger partial charge >= 0.3 is 6.09 Å². The fraction of sp³-hybridized carbons (Fsp3) is 0.733. The molecule has 0 saturated heterocycles. The van der Waals surface area contributed by atoms with E-state index in [-0.39, 0.29) is 6.61 Å². The van der Waals surface area contributed by atoms with Crippen molar-refractivity contribution >= 4 is 6.09 Å². The lowest BCUT2D eigenvalue weighted by atomic mass is 10.1. The highest BCUT2D eigenvalue weighted by atomic mass is 16.6. The number of nitrogens with zero attached hydrogens (tertiary/aromatic N) is 2. The molecule has 0 aliphatic carbocycles. The highest BCUT2D eigenvalue weighted by molar-refractivity contribution is 5.68. The van der Waals surface area contributed by atoms with E-state index in [0.717, 1.165) is 5.56 Å². The van der Waals surface area contributed by atoms with Gasteiger partial charge < -0.3 is 20.5 Å². The van der Waals surface area contributed by atoms with Gasteiger partial charge in [0.05, 0.1) is 24.9 Å². The van der Waals surface area contributed by atoms with Crippen LogP contribution >= 0.6 is 0 Å². The number of carbonyl (C=O) groups is 1. The summed E-state index contributed by atoms with van der Waals surface area (Å²) >= 11 is 0. The Hall–Kier alpha value is -1.60. The second-order valence-electron chi connectivity index (χ2n) is 6.95. The minimum absolute atomic E-state index is 0.0708. The summed E-state index contributed by atoms with van der Waals surface area (Å²) in [5.41, 5.74) is 0.0969. The molecule has 7 heteroatoms. The quantitative estimate of drug-likeness (QED) is 0.705. The Bertz CT molecular complexity index is 477. The Morgan fingerprint density at radius 2 is 2.05 bits per heavy atom. The van der Waals surface area contributed by atoms with Crippen LogP contribution in [-0.2, 0) is 17.8 Å². The maximum atomic E-state index is 11.8. The topological polar surface area (TPSA) is 88.4 Å². The summed E-state index contributed by atoms with van der Waals surface area (Å²) in [5.74, 6) is 0. The number of hydrogen-bond donors (Lipinski definition) is 3. The van der Waals surface area contributed by atoms with Crippen molar-refractivity contribution in [3.8, 4) is 0 Å². The number of amides is 1. The summed E-state index contributed by atoms with van der Waals surface area (Å²) in [4.78, 5) is 11.8. The minimum Gasteiger partial charge on any atom is -0.444 e. The number of alkyl carbamates (subject to hydrolysis) is 1. The maximum Gasteiger partial charge on any atom is 0.408 e. The molecule has 1 rings (SSSR count). The van der Waals surface area contributed by atoms with E-state index in [1.54, 1.807) is 10.9 Å². The smallest absolute Gasteiger partial charge is 0.408 e. The number of aliphatic hydroxyl groups excluding tert-OH is 1. The van der Waals surface area contributed by atoms with Gasteiger partial charge in [-0.15, -0.1) is 0 Å². The molecule has 3 N–H and O–H groups in total. The van der Waals surface area contributed by atoms with Crippen LogP contribution in [0.25, 0.3) is 0 Å². The molecule has 7 nitrogen and oxygen atoms in total. The Balaban J connectivity index is 2.36. The molecule has 0 atom stereocenters. The minimum atomic E-state index is -0.505. The maximum absolute atomic E-state index is 11.8. The predicted octanol–water partition coefficient (Wildman–Crippen LogP) is 1.27. The van der Waals surface area contributed by atoms with Crippen LogP contribution in [0.3, 0.4) is 0 Å². The van der Waals surface area contributed by atoms with E-state index in [1.165, 1.54) is 0 Å². The van der Waals surface area contributed by atoms with Crippen LogP contribution in [0.2, 0.25) is 0 Å². The molecule has 0 saturated carbocycles. The van der Waals surface area contributed by atoms with Crippen molar-refractivity contribution in [1.82, 2.24) is 20.4 Å². The van der Waals surface area contributed by atoms with Gasteiger partial charge in [0.2, 0.25) is 0 Å². The third kappa shape index (κ3) is 7.42. The van der Waals surface area contributed by atoms with Gasteiger partial charge in [-0.1, -0.05) is 0 Å². The lowest BCUT2D eigenvalue weighted by Crippen LogP contribution is -2.51. The van der Waals surface area contributed by atoms with Gasteiger partial charge in [-0.25, -0.2) is 4.79 Å². The van der Waals surface area contributed by atoms with Crippen LogP contribution in [0, 0.1) is 0 Å². The third-order valence-corrected chi connectivity index (χ3v) is 2.75. The van der Waals surface area contributed by atoms with E-state index in [2.05, 4.69) is 15.7 Å². The largest absolute Gasteiger partial charge is 0.444 e. The van der Waals surface area contributed by atoms with Crippen molar-refractivity contribution in [1.29, 1.82) is 0 Å². The fourth-order valence-corrected chi connectivity index (χ4v) is 1.87. The molecular weight excluding hydrogens is 284 g/mol. The van der Waals surface area contributed by atoms with Gasteiger partial charge in [-0.3, -0.25) is 4.68 Å². The van der Waals surface area contributed by atoms with Gasteiger partial charge in [-0.05, 0) is 34.6 Å². The first-order valence-corrected chi connectivity index (χ1v) is 7.45. The average Bonchev–Trinajstić information content (AvgIpc) is 2.73. The van der Waals surface area contributed by atoms with Gasteiger partial charge in [0.25, 0.3) is 0 Å². The van der Waals surface area contributed by atoms with Crippen molar-refractivity contribution in [2.45, 2.75) is 58.8 Å². The number of rotatable bonds is 7. The summed E-state index contributed by atoms with van der Waals surface area (Å²) in [7, 11) is 0. The zero-order chi connectivity index (χ0) is 16.8. The van der Waals surface area contributed by atoms with E-state index in [9.17, 15) is 4.79 Å². The van der Waals surface area contributed by atoms with Gasteiger partial charge in [0, 0.05) is 24.8 Å². The molecule has 0 aromatic carbocycles. The Kier molecular flexibility index (Phi) is 6.37. The van der Waals surface area contributed by atoms with Crippen molar-refractivity contribution in [3.05, 3.63) is 18.0 Å². The summed E-state index contributed by atoms with van der Waals surface area (Å²) in [6, 6.07) is 0. The summed E-state index contributed by atoms with van der Waals surface area (Å²) in [5, 5.41) is 19.1. The molecule has 0 fully saturated rings. The molecule has 1 aromatic heterocycles. The molecule has 0 aliphatic heterocycles. The molecule has 0 bridgehead atoms. The number of aliphatic hydroxyl groups is 1. The average molecular weight is 312 g/mol. The molecule has 0 aliphatic rings. The van der Waals surface area contributed by atoms with Gasteiger partial charge in [-0.2, -0.15) is 5.10 Å². The molecule has 22 heavy (non-hydrogen) atoms. The summed E-state index contributed by atoms with van der Waals surface area (Å²) in [6.45, 7) is 11.2. The molecule has 1 amide bonds. The molecular formula is C15H28N4O3. The molecule has 1 heterocycles. The molecule has 126 valence electrons. The van der Waals surface area contributed by atoms with Crippen LogP contribution in [0.15, 0.2) is 12.4 Å². The standard InChI is InChI=1S/C15H28N4O3/c1-14(2,3)22-13(21)18-15(4,5)11-16-8-12-9-17-19(10-12)6-7-20/h9-10,16,20H,6-8,11H2,1-5H3,(H,18,21). The molecule has 0 spiro atoms. The zero-order valence-corrected chi connectivity index (χ0v) is 14.1. The lowest BCUT2D eigenvalue weighted by molar-refractivity contribution is 0.0472. The van der Waals surface area contributed by atoms with Crippen molar-refractivity contribution in [2.75, 3.05) is 13.2 Å². The van der Waals surface area contributed by atoms with E-state index in [1.807, 2.05) is 40.8 Å². The number of carbonyl (C=O) groups excluding carboxylic acids is 1. The van der Waals surface area contributed by atoms with E-state index in [0.29, 0.717) is 19.6 Å². The monoisotopic (exact) mass is 312 g/mol. The number of hydrogen-bond acceptors (Lipinski definition) is 5. The summed E-state index contributed by atoms with van der Waals surface area (Å²) < 4.78 is 6.95. The Morgan fingerprint density at radius 1 is 1.36 bits per heavy atom. The van der Waals surface area contributed by atoms with Crippen LogP contribution in [0.5, 0.6) is 0 Å². The molecule has 1 aromatic rings. The first kappa shape index (κ1) is 18.4. The van der Waals surface area contributed by atoms with E-state index in [4.69, 9.17) is 9.84 Å². The number of aromatic nitrogens is 2. The van der Waals surface area contributed by atoms with Crippen LogP contribution in [-0.4, -0.2) is 45.3 Å². The van der Waals surface area contributed by atoms with Crippen LogP contribution in [0.1, 0.15) is 40.2 Å². The predicted molar refractivity (Wildman–Crippen MR) is 84.5 cm³/mol. The summed E-state index contributed by atoms with van der Waals surface area (Å²) in [6.07, 6.45) is 3.23. The van der Waals surface area contributed by atoms with Crippen LogP contribution in [0.4, 0.5) is 4.79 Å². The fourth-order valence-electron chi connectivity index (χ4n) is 1.87. The third-order valence-electron chi connectivity index (χ3n) is 2.75. The highest BCUT2D eigenvalue weighted by Crippen LogP contribution is 2.09. The number of nitrogens with one attached hydrogen (secondary N) is 2. The van der Waals surface area contributed by atoms with Gasteiger partial charge in [0.15, 0.2) is 0 Å². The first-order valence-electron chi connectivity index (χ1n) is 7.45. The first-order chi connectivity index (χ1) is 10.1. The molecule has 0 unspecified atom stereocenters. The highest BCUT2D eigenvalue weighted by Gasteiger charge is 2.24. The second kappa shape index (κ2) is 7.60. The zero-order valence-electron chi connectivity index (χ0n) is 14.1. The SMILES string of the molecule is CC(C)(CNCc1cnn(CCO)c1)NC(=O)OC(C)(C)C. The Morgan fingerprint density at radius 3 is 2.64 bits per heavy atom. The Labute approximate surface area is 132 Å².